The minimum atomic E-state index is -0.637. The van der Waals surface area contributed by atoms with E-state index >= 15 is 0 Å². The maximum atomic E-state index is 6.51. The molecule has 0 amide bonds. The molecule has 196 valence electrons. The van der Waals surface area contributed by atoms with E-state index < -0.39 is 7.92 Å². The summed E-state index contributed by atoms with van der Waals surface area (Å²) in [4.78, 5) is 0. The minimum absolute atomic E-state index is 0.0480. The Balaban J connectivity index is 1.27. The molecule has 0 spiro atoms. The van der Waals surface area contributed by atoms with E-state index in [4.69, 9.17) is 4.42 Å². The molecule has 1 aliphatic rings. The van der Waals surface area contributed by atoms with Crippen LogP contribution in [0, 0.1) is 0 Å². The topological polar surface area (TPSA) is 13.1 Å². The van der Waals surface area contributed by atoms with Gasteiger partial charge in [-0.05, 0) is 75.4 Å². The van der Waals surface area contributed by atoms with Gasteiger partial charge in [0.25, 0.3) is 0 Å². The number of hydrogen-bond acceptors (Lipinski definition) is 1. The first-order chi connectivity index (χ1) is 20.1. The molecule has 0 saturated heterocycles. The predicted octanol–water partition coefficient (Wildman–Crippen LogP) is 9.32. The van der Waals surface area contributed by atoms with Crippen LogP contribution in [0.3, 0.4) is 0 Å². The summed E-state index contributed by atoms with van der Waals surface area (Å²) in [5, 5.41) is 6.44. The van der Waals surface area contributed by atoms with Gasteiger partial charge in [-0.15, -0.1) is 0 Å². The molecular formula is C39H29OP. The molecule has 7 aromatic rings. The zero-order chi connectivity index (χ0) is 27.6. The number of fused-ring (bicyclic) bond motifs is 6. The van der Waals surface area contributed by atoms with Gasteiger partial charge in [0, 0.05) is 16.2 Å². The number of rotatable bonds is 4. The van der Waals surface area contributed by atoms with Gasteiger partial charge in [0.05, 0.1) is 0 Å². The van der Waals surface area contributed by atoms with Gasteiger partial charge >= 0.3 is 0 Å². The molecule has 0 bridgehead atoms. The van der Waals surface area contributed by atoms with E-state index in [1.54, 1.807) is 0 Å². The van der Waals surface area contributed by atoms with Crippen LogP contribution in [-0.2, 0) is 5.41 Å². The van der Waals surface area contributed by atoms with Crippen LogP contribution >= 0.6 is 7.92 Å². The second kappa shape index (κ2) is 9.30. The normalized spacial score (nSPS) is 13.5. The van der Waals surface area contributed by atoms with Gasteiger partial charge in [0.15, 0.2) is 0 Å². The van der Waals surface area contributed by atoms with Gasteiger partial charge in [0.1, 0.15) is 11.2 Å². The molecule has 0 aliphatic heterocycles. The fourth-order valence-corrected chi connectivity index (χ4v) is 8.93. The molecular weight excluding hydrogens is 515 g/mol. The summed E-state index contributed by atoms with van der Waals surface area (Å²) >= 11 is 0. The van der Waals surface area contributed by atoms with E-state index in [1.807, 2.05) is 0 Å². The van der Waals surface area contributed by atoms with Crippen molar-refractivity contribution in [3.8, 4) is 22.3 Å². The smallest absolute Gasteiger partial charge is 0.136 e. The molecule has 0 saturated carbocycles. The highest BCUT2D eigenvalue weighted by atomic mass is 31.1. The quantitative estimate of drug-likeness (QED) is 0.201. The van der Waals surface area contributed by atoms with Gasteiger partial charge in [-0.1, -0.05) is 135 Å². The van der Waals surface area contributed by atoms with E-state index in [0.29, 0.717) is 0 Å². The lowest BCUT2D eigenvalue weighted by Gasteiger charge is -2.21. The van der Waals surface area contributed by atoms with Crippen molar-refractivity contribution in [2.75, 3.05) is 0 Å². The lowest BCUT2D eigenvalue weighted by atomic mass is 9.82. The van der Waals surface area contributed by atoms with Gasteiger partial charge in [-0.25, -0.2) is 0 Å². The lowest BCUT2D eigenvalue weighted by Crippen LogP contribution is -2.20. The Morgan fingerprint density at radius 1 is 0.488 bits per heavy atom. The van der Waals surface area contributed by atoms with Crippen molar-refractivity contribution < 1.29 is 4.42 Å². The van der Waals surface area contributed by atoms with E-state index in [9.17, 15) is 0 Å². The summed E-state index contributed by atoms with van der Waals surface area (Å²) in [5.41, 5.74) is 9.65. The third kappa shape index (κ3) is 3.80. The standard InChI is InChI=1S/C39H29OP/c1-39(2)34-18-10-9-16-31(34)32-24-33-37(25-35(32)39)40-36-19-11-17-30(38(33)36)26-20-22-29(23-21-26)41(27-12-5-3-6-13-27)28-14-7-4-8-15-28/h3-25H,1-2H3. The molecule has 1 nitrogen and oxygen atoms in total. The molecule has 2 heteroatoms. The molecule has 1 aliphatic carbocycles. The molecule has 41 heavy (non-hydrogen) atoms. The monoisotopic (exact) mass is 544 g/mol. The third-order valence-corrected chi connectivity index (χ3v) is 11.1. The van der Waals surface area contributed by atoms with Gasteiger partial charge in [-0.2, -0.15) is 0 Å². The second-order valence-electron chi connectivity index (χ2n) is 11.4. The van der Waals surface area contributed by atoms with Crippen LogP contribution in [0.25, 0.3) is 44.2 Å². The minimum Gasteiger partial charge on any atom is -0.456 e. The van der Waals surface area contributed by atoms with Crippen molar-refractivity contribution >= 4 is 45.8 Å². The van der Waals surface area contributed by atoms with Gasteiger partial charge < -0.3 is 4.42 Å². The maximum Gasteiger partial charge on any atom is 0.136 e. The summed E-state index contributed by atoms with van der Waals surface area (Å²) in [7, 11) is -0.637. The third-order valence-electron chi connectivity index (χ3n) is 8.66. The van der Waals surface area contributed by atoms with Gasteiger partial charge in [0.2, 0.25) is 0 Å². The Morgan fingerprint density at radius 3 is 1.80 bits per heavy atom. The fourth-order valence-electron chi connectivity index (χ4n) is 6.65. The molecule has 0 fully saturated rings. The number of benzene rings is 6. The first-order valence-corrected chi connectivity index (χ1v) is 15.5. The highest BCUT2D eigenvalue weighted by Crippen LogP contribution is 2.51. The van der Waals surface area contributed by atoms with Crippen molar-refractivity contribution in [1.29, 1.82) is 0 Å². The zero-order valence-corrected chi connectivity index (χ0v) is 24.0. The first kappa shape index (κ1) is 24.4. The summed E-state index contributed by atoms with van der Waals surface area (Å²) < 4.78 is 6.51. The molecule has 0 unspecified atom stereocenters. The van der Waals surface area contributed by atoms with Crippen LogP contribution in [0.1, 0.15) is 25.0 Å². The highest BCUT2D eigenvalue weighted by Gasteiger charge is 2.36. The van der Waals surface area contributed by atoms with E-state index in [1.165, 1.54) is 60.1 Å². The Bertz CT molecular complexity index is 2010. The Morgan fingerprint density at radius 2 is 1.10 bits per heavy atom. The Kier molecular flexibility index (Phi) is 5.52. The highest BCUT2D eigenvalue weighted by molar-refractivity contribution is 7.79. The first-order valence-electron chi connectivity index (χ1n) is 14.2. The Hall–Kier alpha value is -4.45. The molecule has 0 atom stereocenters. The van der Waals surface area contributed by atoms with Crippen molar-refractivity contribution in [2.45, 2.75) is 19.3 Å². The molecule has 1 heterocycles. The lowest BCUT2D eigenvalue weighted by molar-refractivity contribution is 0.647. The molecule has 0 radical (unpaired) electrons. The van der Waals surface area contributed by atoms with E-state index in [0.717, 1.165) is 11.2 Å². The van der Waals surface area contributed by atoms with E-state index in [2.05, 4.69) is 153 Å². The van der Waals surface area contributed by atoms with Crippen molar-refractivity contribution in [2.24, 2.45) is 0 Å². The van der Waals surface area contributed by atoms with Crippen molar-refractivity contribution in [3.63, 3.8) is 0 Å². The largest absolute Gasteiger partial charge is 0.456 e. The maximum absolute atomic E-state index is 6.51. The van der Waals surface area contributed by atoms with Crippen LogP contribution < -0.4 is 15.9 Å². The average Bonchev–Trinajstić information content (AvgIpc) is 3.50. The summed E-state index contributed by atoms with van der Waals surface area (Å²) in [6.45, 7) is 4.64. The van der Waals surface area contributed by atoms with Gasteiger partial charge in [-0.3, -0.25) is 0 Å². The van der Waals surface area contributed by atoms with Crippen LogP contribution in [0.2, 0.25) is 0 Å². The zero-order valence-electron chi connectivity index (χ0n) is 23.1. The molecule has 1 aromatic heterocycles. The predicted molar refractivity (Wildman–Crippen MR) is 175 cm³/mol. The number of furan rings is 1. The van der Waals surface area contributed by atoms with Crippen molar-refractivity contribution in [1.82, 2.24) is 0 Å². The molecule has 0 N–H and O–H groups in total. The summed E-state index contributed by atoms with van der Waals surface area (Å²) in [6.07, 6.45) is 0. The molecule has 8 rings (SSSR count). The molecule has 6 aromatic carbocycles. The summed E-state index contributed by atoms with van der Waals surface area (Å²) in [5.74, 6) is 0. The van der Waals surface area contributed by atoms with Crippen LogP contribution in [0.15, 0.2) is 144 Å². The van der Waals surface area contributed by atoms with E-state index in [-0.39, 0.29) is 5.41 Å². The second-order valence-corrected chi connectivity index (χ2v) is 13.6. The van der Waals surface area contributed by atoms with Crippen LogP contribution in [0.5, 0.6) is 0 Å². The number of hydrogen-bond donors (Lipinski definition) is 0. The Labute approximate surface area is 241 Å². The van der Waals surface area contributed by atoms with Crippen LogP contribution in [0.4, 0.5) is 0 Å². The summed E-state index contributed by atoms with van der Waals surface area (Å²) in [6, 6.07) is 50.9. The van der Waals surface area contributed by atoms with Crippen molar-refractivity contribution in [3.05, 3.63) is 151 Å². The van der Waals surface area contributed by atoms with Crippen LogP contribution in [-0.4, -0.2) is 0 Å². The SMILES string of the molecule is CC1(C)c2ccccc2-c2cc3c(cc21)oc1cccc(-c2ccc(P(c4ccccc4)c4ccccc4)cc2)c13. The fraction of sp³-hybridized carbons (Fsp3) is 0.0769. The average molecular weight is 545 g/mol.